The Hall–Kier alpha value is -1.76. The van der Waals surface area contributed by atoms with Crippen LogP contribution in [0.4, 0.5) is 0 Å². The molecule has 2 aliphatic rings. The van der Waals surface area contributed by atoms with E-state index in [9.17, 15) is 4.79 Å². The van der Waals surface area contributed by atoms with E-state index in [0.717, 1.165) is 36.5 Å². The number of rotatable bonds is 4. The number of nitrogens with zero attached hydrogens (tertiary/aromatic N) is 2. The summed E-state index contributed by atoms with van der Waals surface area (Å²) in [5.41, 5.74) is -0.0258. The van der Waals surface area contributed by atoms with Crippen LogP contribution in [0.3, 0.4) is 0 Å². The molecule has 1 saturated heterocycles. The van der Waals surface area contributed by atoms with Gasteiger partial charge in [0.15, 0.2) is 5.79 Å². The largest absolute Gasteiger partial charge is 0.348 e. The van der Waals surface area contributed by atoms with Crippen molar-refractivity contribution in [3.8, 4) is 0 Å². The third kappa shape index (κ3) is 3.47. The lowest BCUT2D eigenvalue weighted by Gasteiger charge is -2.36. The minimum Gasteiger partial charge on any atom is -0.348 e. The zero-order valence-corrected chi connectivity index (χ0v) is 14.6. The molecule has 1 spiro atoms. The first-order valence-corrected chi connectivity index (χ1v) is 9.14. The van der Waals surface area contributed by atoms with Gasteiger partial charge in [-0.2, -0.15) is 5.10 Å². The molecule has 1 atom stereocenters. The minimum absolute atomic E-state index is 0.0258. The second-order valence-corrected chi connectivity index (χ2v) is 7.17. The van der Waals surface area contributed by atoms with Crippen LogP contribution >= 0.6 is 0 Å². The molecule has 25 heavy (non-hydrogen) atoms. The maximum absolute atomic E-state index is 12.6. The van der Waals surface area contributed by atoms with Gasteiger partial charge in [0.05, 0.1) is 31.3 Å². The van der Waals surface area contributed by atoms with Crippen LogP contribution in [-0.4, -0.2) is 40.9 Å². The second kappa shape index (κ2) is 6.86. The molecule has 134 valence electrons. The van der Waals surface area contributed by atoms with Crippen molar-refractivity contribution in [3.63, 3.8) is 0 Å². The number of benzene rings is 1. The van der Waals surface area contributed by atoms with Crippen LogP contribution in [-0.2, 0) is 16.0 Å². The predicted molar refractivity (Wildman–Crippen MR) is 95.5 cm³/mol. The number of nitrogens with one attached hydrogen (secondary N) is 1. The van der Waals surface area contributed by atoms with Crippen molar-refractivity contribution >= 4 is 10.8 Å². The van der Waals surface area contributed by atoms with E-state index in [1.807, 2.05) is 24.3 Å². The molecule has 1 saturated carbocycles. The molecule has 1 aromatic carbocycles. The molecule has 1 aliphatic heterocycles. The van der Waals surface area contributed by atoms with Crippen molar-refractivity contribution in [1.82, 2.24) is 15.1 Å². The summed E-state index contributed by atoms with van der Waals surface area (Å²) in [7, 11) is 0. The molecule has 1 aliphatic carbocycles. The normalized spacial score (nSPS) is 21.8. The highest BCUT2D eigenvalue weighted by Crippen LogP contribution is 2.35. The van der Waals surface area contributed by atoms with Crippen LogP contribution < -0.4 is 10.9 Å². The lowest BCUT2D eigenvalue weighted by atomic mass is 9.89. The zero-order valence-electron chi connectivity index (χ0n) is 14.6. The molecule has 0 unspecified atom stereocenters. The summed E-state index contributed by atoms with van der Waals surface area (Å²) in [6, 6.07) is 8.20. The van der Waals surface area contributed by atoms with E-state index in [4.69, 9.17) is 9.47 Å². The van der Waals surface area contributed by atoms with Crippen LogP contribution in [0.1, 0.15) is 32.6 Å². The highest BCUT2D eigenvalue weighted by atomic mass is 16.7. The highest BCUT2D eigenvalue weighted by Gasteiger charge is 2.40. The van der Waals surface area contributed by atoms with Crippen molar-refractivity contribution in [1.29, 1.82) is 0 Å². The van der Waals surface area contributed by atoms with E-state index in [-0.39, 0.29) is 17.4 Å². The van der Waals surface area contributed by atoms with Gasteiger partial charge in [0.25, 0.3) is 5.56 Å². The molecule has 6 heteroatoms. The summed E-state index contributed by atoms with van der Waals surface area (Å²) in [5.74, 6) is -0.321. The van der Waals surface area contributed by atoms with Crippen molar-refractivity contribution in [2.45, 2.75) is 57.0 Å². The Kier molecular flexibility index (Phi) is 4.58. The zero-order chi connectivity index (χ0) is 17.3. The molecule has 2 aromatic rings. The third-order valence-electron chi connectivity index (χ3n) is 5.29. The number of fused-ring (bicyclic) bond motifs is 1. The summed E-state index contributed by atoms with van der Waals surface area (Å²) in [6.07, 6.45) is 5.70. The molecular weight excluding hydrogens is 318 g/mol. The van der Waals surface area contributed by atoms with Crippen LogP contribution in [0.25, 0.3) is 10.8 Å². The number of hydrogen-bond acceptors (Lipinski definition) is 5. The molecular formula is C19H25N3O3. The summed E-state index contributed by atoms with van der Waals surface area (Å²) >= 11 is 0. The fraction of sp³-hybridized carbons (Fsp3) is 0.579. The number of aromatic nitrogens is 2. The number of ether oxygens (including phenoxy) is 2. The van der Waals surface area contributed by atoms with Gasteiger partial charge in [0.1, 0.15) is 0 Å². The average molecular weight is 343 g/mol. The molecule has 2 fully saturated rings. The Bertz CT molecular complexity index is 788. The lowest BCUT2D eigenvalue weighted by molar-refractivity contribution is -0.179. The van der Waals surface area contributed by atoms with Gasteiger partial charge in [-0.15, -0.1) is 0 Å². The summed E-state index contributed by atoms with van der Waals surface area (Å²) < 4.78 is 13.1. The van der Waals surface area contributed by atoms with Crippen LogP contribution in [0.15, 0.2) is 35.3 Å². The van der Waals surface area contributed by atoms with Gasteiger partial charge in [-0.25, -0.2) is 4.68 Å². The predicted octanol–water partition coefficient (Wildman–Crippen LogP) is 2.06. The molecule has 1 N–H and O–H groups in total. The van der Waals surface area contributed by atoms with E-state index in [2.05, 4.69) is 17.3 Å². The van der Waals surface area contributed by atoms with E-state index in [1.54, 1.807) is 10.9 Å². The molecule has 2 heterocycles. The maximum atomic E-state index is 12.6. The van der Waals surface area contributed by atoms with Crippen LogP contribution in [0, 0.1) is 0 Å². The van der Waals surface area contributed by atoms with E-state index in [0.29, 0.717) is 25.8 Å². The highest BCUT2D eigenvalue weighted by molar-refractivity contribution is 5.80. The van der Waals surface area contributed by atoms with E-state index in [1.165, 1.54) is 0 Å². The molecule has 1 aromatic heterocycles. The van der Waals surface area contributed by atoms with Gasteiger partial charge in [0, 0.05) is 30.3 Å². The monoisotopic (exact) mass is 343 g/mol. The quantitative estimate of drug-likeness (QED) is 0.920. The van der Waals surface area contributed by atoms with Gasteiger partial charge < -0.3 is 14.8 Å². The first kappa shape index (κ1) is 16.7. The van der Waals surface area contributed by atoms with Gasteiger partial charge >= 0.3 is 0 Å². The van der Waals surface area contributed by atoms with Crippen molar-refractivity contribution < 1.29 is 9.47 Å². The lowest BCUT2D eigenvalue weighted by Crippen LogP contribution is -2.46. The second-order valence-electron chi connectivity index (χ2n) is 7.17. The minimum atomic E-state index is -0.321. The van der Waals surface area contributed by atoms with Gasteiger partial charge in [-0.05, 0) is 25.8 Å². The third-order valence-corrected chi connectivity index (χ3v) is 5.29. The van der Waals surface area contributed by atoms with Crippen molar-refractivity contribution in [2.24, 2.45) is 0 Å². The Morgan fingerprint density at radius 1 is 1.28 bits per heavy atom. The van der Waals surface area contributed by atoms with E-state index < -0.39 is 0 Å². The Morgan fingerprint density at radius 2 is 2.00 bits per heavy atom. The van der Waals surface area contributed by atoms with Crippen LogP contribution in [0.2, 0.25) is 0 Å². The standard InChI is InChI=1S/C19H25N3O3/c1-14(21-16-6-8-19(9-7-16)24-10-11-25-19)13-22-18(23)17-5-3-2-4-15(17)12-20-22/h2-5,12,14,16,21H,6-11,13H2,1H3/t14-/m0/s1. The topological polar surface area (TPSA) is 65.4 Å². The fourth-order valence-corrected chi connectivity index (χ4v) is 3.98. The fourth-order valence-electron chi connectivity index (χ4n) is 3.98. The smallest absolute Gasteiger partial charge is 0.274 e. The average Bonchev–Trinajstić information content (AvgIpc) is 3.08. The SMILES string of the molecule is C[C@@H](Cn1ncc2ccccc2c1=O)NC1CCC2(CC1)OCCO2. The van der Waals surface area contributed by atoms with Gasteiger partial charge in [-0.3, -0.25) is 4.79 Å². The molecule has 0 radical (unpaired) electrons. The van der Waals surface area contributed by atoms with Crippen molar-refractivity contribution in [3.05, 3.63) is 40.8 Å². The Balaban J connectivity index is 1.37. The Labute approximate surface area is 147 Å². The summed E-state index contributed by atoms with van der Waals surface area (Å²) in [5, 5.41) is 9.57. The van der Waals surface area contributed by atoms with Crippen LogP contribution in [0.5, 0.6) is 0 Å². The molecule has 6 nitrogen and oxygen atoms in total. The Morgan fingerprint density at radius 3 is 2.76 bits per heavy atom. The summed E-state index contributed by atoms with van der Waals surface area (Å²) in [6.45, 7) is 4.10. The number of hydrogen-bond donors (Lipinski definition) is 1. The first-order valence-electron chi connectivity index (χ1n) is 9.14. The molecule has 0 amide bonds. The first-order chi connectivity index (χ1) is 12.2. The van der Waals surface area contributed by atoms with Gasteiger partial charge in [0.2, 0.25) is 0 Å². The van der Waals surface area contributed by atoms with E-state index >= 15 is 0 Å². The van der Waals surface area contributed by atoms with Gasteiger partial charge in [-0.1, -0.05) is 18.2 Å². The molecule has 0 bridgehead atoms. The maximum Gasteiger partial charge on any atom is 0.274 e. The summed E-state index contributed by atoms with van der Waals surface area (Å²) in [4.78, 5) is 12.6. The van der Waals surface area contributed by atoms with Crippen molar-refractivity contribution in [2.75, 3.05) is 13.2 Å². The molecule has 4 rings (SSSR count).